The molecule has 2 atom stereocenters. The molecule has 156 valence electrons. The summed E-state index contributed by atoms with van der Waals surface area (Å²) in [5.74, 6) is 2.80. The van der Waals surface area contributed by atoms with Crippen molar-refractivity contribution >= 4 is 12.2 Å². The summed E-state index contributed by atoms with van der Waals surface area (Å²) in [6.07, 6.45) is 12.9. The monoisotopic (exact) mass is 407 g/mol. The highest BCUT2D eigenvalue weighted by atomic mass is 16.5. The molecule has 0 amide bonds. The lowest BCUT2D eigenvalue weighted by molar-refractivity contribution is 0.231. The number of anilines is 1. The van der Waals surface area contributed by atoms with Crippen molar-refractivity contribution in [3.8, 4) is 11.6 Å². The third kappa shape index (κ3) is 5.12. The fraction of sp³-hybridized carbons (Fsp3) is 0.333. The maximum Gasteiger partial charge on any atom is 0.214 e. The van der Waals surface area contributed by atoms with Crippen LogP contribution in [0.15, 0.2) is 65.5 Å². The van der Waals surface area contributed by atoms with E-state index in [1.165, 1.54) is 0 Å². The van der Waals surface area contributed by atoms with E-state index in [9.17, 15) is 0 Å². The van der Waals surface area contributed by atoms with Crippen LogP contribution in [-0.4, -0.2) is 65.6 Å². The number of nitrogens with one attached hydrogen (secondary N) is 2. The average molecular weight is 407 g/mol. The second kappa shape index (κ2) is 9.36. The molecule has 1 aliphatic carbocycles. The number of rotatable bonds is 8. The molecule has 4 rings (SSSR count). The number of likely N-dealkylation sites (N-methyl/N-ethyl adjacent to an activating group) is 1. The molecule has 30 heavy (non-hydrogen) atoms. The summed E-state index contributed by atoms with van der Waals surface area (Å²) in [5.41, 5.74) is 1.10. The van der Waals surface area contributed by atoms with Gasteiger partial charge in [-0.2, -0.15) is 0 Å². The zero-order chi connectivity index (χ0) is 20.8. The Balaban J connectivity index is 1.40. The molecule has 2 aromatic rings. The van der Waals surface area contributed by atoms with Gasteiger partial charge >= 0.3 is 0 Å². The quantitative estimate of drug-likeness (QED) is 0.640. The van der Waals surface area contributed by atoms with Crippen molar-refractivity contribution in [3.63, 3.8) is 0 Å². The van der Waals surface area contributed by atoms with Crippen LogP contribution < -0.4 is 20.1 Å². The molecule has 1 aliphatic heterocycles. The van der Waals surface area contributed by atoms with Crippen molar-refractivity contribution < 1.29 is 9.47 Å². The first-order valence-corrected chi connectivity index (χ1v) is 9.80. The van der Waals surface area contributed by atoms with Crippen LogP contribution in [0.3, 0.4) is 0 Å². The summed E-state index contributed by atoms with van der Waals surface area (Å²) >= 11 is 0. The van der Waals surface area contributed by atoms with Gasteiger partial charge in [-0.05, 0) is 26.2 Å². The second-order valence-corrected chi connectivity index (χ2v) is 7.21. The van der Waals surface area contributed by atoms with E-state index in [-0.39, 0.29) is 12.1 Å². The molecular formula is C21H25N7O2. The lowest BCUT2D eigenvalue weighted by atomic mass is 9.93. The van der Waals surface area contributed by atoms with Crippen molar-refractivity contribution in [3.05, 3.63) is 60.5 Å². The highest BCUT2D eigenvalue weighted by molar-refractivity contribution is 5.64. The molecule has 0 saturated heterocycles. The summed E-state index contributed by atoms with van der Waals surface area (Å²) in [5, 5.41) is 6.45. The molecule has 9 heteroatoms. The van der Waals surface area contributed by atoms with Crippen LogP contribution in [0.1, 0.15) is 6.42 Å². The van der Waals surface area contributed by atoms with Crippen molar-refractivity contribution in [1.82, 2.24) is 25.2 Å². The predicted octanol–water partition coefficient (Wildman–Crippen LogP) is 1.84. The predicted molar refractivity (Wildman–Crippen MR) is 115 cm³/mol. The Morgan fingerprint density at radius 2 is 2.10 bits per heavy atom. The van der Waals surface area contributed by atoms with Crippen molar-refractivity contribution in [2.24, 2.45) is 4.99 Å². The van der Waals surface area contributed by atoms with Gasteiger partial charge in [0, 0.05) is 37.0 Å². The molecule has 0 saturated carbocycles. The number of aromatic nitrogens is 3. The van der Waals surface area contributed by atoms with E-state index in [0.717, 1.165) is 23.7 Å². The van der Waals surface area contributed by atoms with Crippen molar-refractivity contribution in [2.45, 2.75) is 18.6 Å². The van der Waals surface area contributed by atoms with Crippen LogP contribution in [0.2, 0.25) is 0 Å². The van der Waals surface area contributed by atoms with Crippen molar-refractivity contribution in [2.75, 3.05) is 32.6 Å². The van der Waals surface area contributed by atoms with E-state index in [0.29, 0.717) is 24.7 Å². The Morgan fingerprint density at radius 1 is 1.17 bits per heavy atom. The van der Waals surface area contributed by atoms with Crippen LogP contribution >= 0.6 is 0 Å². The molecule has 2 N–H and O–H groups in total. The number of hydrogen-bond acceptors (Lipinski definition) is 9. The zero-order valence-electron chi connectivity index (χ0n) is 17.0. The third-order valence-corrected chi connectivity index (χ3v) is 4.66. The minimum absolute atomic E-state index is 0.0225. The Morgan fingerprint density at radius 3 is 2.87 bits per heavy atom. The summed E-state index contributed by atoms with van der Waals surface area (Å²) in [7, 11) is 4.02. The SMILES string of the molecule is CN(C)CCOc1ccc(OC2C=CC3N=CNC(Nc4cnccn4)=C3C2)nc1. The fourth-order valence-corrected chi connectivity index (χ4v) is 3.13. The summed E-state index contributed by atoms with van der Waals surface area (Å²) < 4.78 is 11.7. The van der Waals surface area contributed by atoms with Gasteiger partial charge in [-0.15, -0.1) is 0 Å². The zero-order valence-corrected chi connectivity index (χ0v) is 17.0. The number of fused-ring (bicyclic) bond motifs is 1. The molecule has 0 fully saturated rings. The molecule has 3 heterocycles. The summed E-state index contributed by atoms with van der Waals surface area (Å²) in [4.78, 5) is 19.3. The van der Waals surface area contributed by atoms with E-state index >= 15 is 0 Å². The van der Waals surface area contributed by atoms with E-state index in [4.69, 9.17) is 9.47 Å². The number of nitrogens with zero attached hydrogens (tertiary/aromatic N) is 5. The first-order chi connectivity index (χ1) is 14.7. The van der Waals surface area contributed by atoms with Gasteiger partial charge in [0.1, 0.15) is 30.1 Å². The molecule has 0 spiro atoms. The number of hydrogen-bond donors (Lipinski definition) is 2. The first kappa shape index (κ1) is 19.8. The van der Waals surface area contributed by atoms with Gasteiger partial charge in [0.15, 0.2) is 0 Å². The van der Waals surface area contributed by atoms with Crippen LogP contribution in [0.5, 0.6) is 11.6 Å². The van der Waals surface area contributed by atoms with Gasteiger partial charge in [0.25, 0.3) is 0 Å². The first-order valence-electron chi connectivity index (χ1n) is 9.80. The molecule has 2 aliphatic rings. The number of aliphatic imine (C=N–C) groups is 1. The van der Waals surface area contributed by atoms with Gasteiger partial charge in [0.05, 0.1) is 24.8 Å². The summed E-state index contributed by atoms with van der Waals surface area (Å²) in [6, 6.07) is 3.68. The Labute approximate surface area is 175 Å². The Kier molecular flexibility index (Phi) is 6.19. The maximum atomic E-state index is 6.07. The molecule has 0 radical (unpaired) electrons. The van der Waals surface area contributed by atoms with E-state index in [1.54, 1.807) is 31.1 Å². The van der Waals surface area contributed by atoms with Gasteiger partial charge in [-0.25, -0.2) is 9.97 Å². The molecule has 9 nitrogen and oxygen atoms in total. The van der Waals surface area contributed by atoms with E-state index < -0.39 is 0 Å². The normalized spacial score (nSPS) is 20.0. The maximum absolute atomic E-state index is 6.07. The molecule has 2 aromatic heterocycles. The molecule has 0 aromatic carbocycles. The van der Waals surface area contributed by atoms with Gasteiger partial charge < -0.3 is 25.0 Å². The van der Waals surface area contributed by atoms with Gasteiger partial charge in [0.2, 0.25) is 5.88 Å². The largest absolute Gasteiger partial charge is 0.491 e. The highest BCUT2D eigenvalue weighted by Gasteiger charge is 2.27. The molecular weight excluding hydrogens is 382 g/mol. The highest BCUT2D eigenvalue weighted by Crippen LogP contribution is 2.28. The standard InChI is InChI=1S/C21H25N7O2/c1-28(2)9-10-29-16-4-6-20(24-12-16)30-15-3-5-18-17(11-15)21(26-14-25-18)27-19-13-22-7-8-23-19/h3-8,12-15,18H,9-11H2,1-2H3,(H,23,27)(H,25,26). The topological polar surface area (TPSA) is 96.8 Å². The molecule has 0 bridgehead atoms. The smallest absolute Gasteiger partial charge is 0.214 e. The Bertz CT molecular complexity index is 926. The lowest BCUT2D eigenvalue weighted by Gasteiger charge is -2.29. The number of ether oxygens (including phenoxy) is 2. The minimum atomic E-state index is -0.141. The second-order valence-electron chi connectivity index (χ2n) is 7.21. The minimum Gasteiger partial charge on any atom is -0.491 e. The van der Waals surface area contributed by atoms with Crippen molar-refractivity contribution in [1.29, 1.82) is 0 Å². The Hall–Kier alpha value is -3.46. The van der Waals surface area contributed by atoms with Crippen LogP contribution in [0.4, 0.5) is 5.82 Å². The molecule has 2 unspecified atom stereocenters. The fourth-order valence-electron chi connectivity index (χ4n) is 3.13. The average Bonchev–Trinajstić information content (AvgIpc) is 2.76. The van der Waals surface area contributed by atoms with E-state index in [1.807, 2.05) is 38.4 Å². The number of pyridine rings is 1. The summed E-state index contributed by atoms with van der Waals surface area (Å²) in [6.45, 7) is 1.47. The van der Waals surface area contributed by atoms with Gasteiger partial charge in [-0.1, -0.05) is 6.08 Å². The lowest BCUT2D eigenvalue weighted by Crippen LogP contribution is -2.34. The third-order valence-electron chi connectivity index (χ3n) is 4.66. The van der Waals surface area contributed by atoms with Gasteiger partial charge in [-0.3, -0.25) is 9.98 Å². The van der Waals surface area contributed by atoms with E-state index in [2.05, 4.69) is 35.5 Å². The van der Waals surface area contributed by atoms with Crippen LogP contribution in [0, 0.1) is 0 Å². The van der Waals surface area contributed by atoms with Crippen LogP contribution in [0.25, 0.3) is 0 Å². The van der Waals surface area contributed by atoms with Crippen LogP contribution in [-0.2, 0) is 0 Å².